The summed E-state index contributed by atoms with van der Waals surface area (Å²) in [6.07, 6.45) is -2.57. The van der Waals surface area contributed by atoms with Crippen molar-refractivity contribution in [2.75, 3.05) is 30.0 Å². The maximum absolute atomic E-state index is 11.4. The van der Waals surface area contributed by atoms with Crippen LogP contribution in [0.5, 0.6) is 0 Å². The van der Waals surface area contributed by atoms with Gasteiger partial charge in [-0.3, -0.25) is 9.36 Å². The second-order valence-corrected chi connectivity index (χ2v) is 11.7. The molecule has 0 radical (unpaired) electrons. The lowest BCUT2D eigenvalue weighted by atomic mass is 9.91. The van der Waals surface area contributed by atoms with Crippen LogP contribution in [0.2, 0.25) is 0 Å². The maximum Gasteiger partial charge on any atom is 0.293 e. The van der Waals surface area contributed by atoms with Gasteiger partial charge in [0.2, 0.25) is 5.95 Å². The fourth-order valence-corrected chi connectivity index (χ4v) is 5.82. The van der Waals surface area contributed by atoms with Gasteiger partial charge in [0.05, 0.1) is 6.33 Å². The van der Waals surface area contributed by atoms with E-state index in [4.69, 9.17) is 24.0 Å². The van der Waals surface area contributed by atoms with Gasteiger partial charge in [0, 0.05) is 25.4 Å². The van der Waals surface area contributed by atoms with E-state index in [1.807, 2.05) is 57.2 Å². The molecular weight excluding hydrogens is 604 g/mol. The Morgan fingerprint density at radius 1 is 1.06 bits per heavy atom. The average Bonchev–Trinajstić information content (AvgIpc) is 3.82. The Morgan fingerprint density at radius 3 is 2.36 bits per heavy atom. The van der Waals surface area contributed by atoms with Crippen LogP contribution in [-0.4, -0.2) is 78.4 Å². The van der Waals surface area contributed by atoms with Crippen LogP contribution in [0.25, 0.3) is 11.2 Å². The van der Waals surface area contributed by atoms with Crippen LogP contribution in [0.1, 0.15) is 61.9 Å². The Morgan fingerprint density at radius 2 is 1.77 bits per heavy atom. The van der Waals surface area contributed by atoms with E-state index >= 15 is 0 Å². The molecule has 4 atom stereocenters. The highest BCUT2D eigenvalue weighted by Crippen LogP contribution is 2.41. The molecule has 1 saturated heterocycles. The van der Waals surface area contributed by atoms with Crippen molar-refractivity contribution in [2.45, 2.75) is 57.6 Å². The number of aliphatic hydroxyl groups is 2. The summed E-state index contributed by atoms with van der Waals surface area (Å²) in [6, 6.07) is 20.4. The van der Waals surface area contributed by atoms with Crippen molar-refractivity contribution in [1.82, 2.24) is 29.7 Å². The fourth-order valence-electron chi connectivity index (χ4n) is 5.82. The van der Waals surface area contributed by atoms with E-state index < -0.39 is 24.5 Å². The number of carbonyl (C=O) groups excluding carboxylic acids is 1. The monoisotopic (exact) mass is 642 g/mol. The number of benzene rings is 2. The summed E-state index contributed by atoms with van der Waals surface area (Å²) < 4.78 is 18.4. The lowest BCUT2D eigenvalue weighted by Crippen LogP contribution is -2.32. The van der Waals surface area contributed by atoms with Gasteiger partial charge in [0.15, 0.2) is 41.2 Å². The Labute approximate surface area is 271 Å². The minimum absolute atomic E-state index is 0.0121. The number of ether oxygens (including phenoxy) is 2. The third-order valence-electron chi connectivity index (χ3n) is 8.07. The average molecular weight is 643 g/mol. The highest BCUT2D eigenvalue weighted by atomic mass is 16.6. The third kappa shape index (κ3) is 6.66. The molecular formula is C33H38N8O6. The quantitative estimate of drug-likeness (QED) is 0.119. The van der Waals surface area contributed by atoms with Gasteiger partial charge in [-0.25, -0.2) is 4.98 Å². The molecule has 14 heteroatoms. The predicted molar refractivity (Wildman–Crippen MR) is 171 cm³/mol. The lowest BCUT2D eigenvalue weighted by molar-refractivity contribution is -0.140. The first-order chi connectivity index (χ1) is 22.9. The summed E-state index contributed by atoms with van der Waals surface area (Å²) in [6.45, 7) is 6.84. The summed E-state index contributed by atoms with van der Waals surface area (Å²) in [5.74, 6) is 1.43. The normalized spacial score (nSPS) is 19.5. The molecule has 0 saturated carbocycles. The number of carbonyl (C=O) groups is 1. The van der Waals surface area contributed by atoms with E-state index in [1.54, 1.807) is 9.47 Å². The van der Waals surface area contributed by atoms with Gasteiger partial charge < -0.3 is 34.4 Å². The summed E-state index contributed by atoms with van der Waals surface area (Å²) >= 11 is 0. The minimum Gasteiger partial charge on any atom is -0.458 e. The number of nitrogens with one attached hydrogen (secondary N) is 1. The van der Waals surface area contributed by atoms with Crippen LogP contribution in [0.4, 0.5) is 11.8 Å². The van der Waals surface area contributed by atoms with E-state index in [0.717, 1.165) is 11.1 Å². The van der Waals surface area contributed by atoms with Crippen LogP contribution >= 0.6 is 0 Å². The Bertz CT molecular complexity index is 1730. The van der Waals surface area contributed by atoms with Gasteiger partial charge in [-0.15, -0.1) is 0 Å². The molecule has 0 unspecified atom stereocenters. The van der Waals surface area contributed by atoms with Crippen molar-refractivity contribution >= 4 is 29.4 Å². The standard InChI is InChI=1S/C33H38N8O6/c1-4-24-36-31(47-39-24)28-27(45-19-43)26(44)32(46-28)41-17-35-25-29(37-33(38-30(25)41)40(18-42)16-20(2)3)34-15-23(21-11-7-5-8-12-21)22-13-9-6-10-14-22/h5-14,17,19-20,23,26-28,32,42,44H,4,15-16,18H2,1-3H3,(H,34,37,38)/t26-,27+,28+,32-/m1/s1. The first-order valence-electron chi connectivity index (χ1n) is 15.6. The molecule has 3 N–H and O–H groups in total. The van der Waals surface area contributed by atoms with Crippen molar-refractivity contribution in [2.24, 2.45) is 5.92 Å². The molecule has 1 fully saturated rings. The second kappa shape index (κ2) is 14.2. The number of anilines is 2. The van der Waals surface area contributed by atoms with E-state index in [9.17, 15) is 15.0 Å². The number of hydrogen-bond acceptors (Lipinski definition) is 13. The third-order valence-corrected chi connectivity index (χ3v) is 8.07. The molecule has 1 aliphatic rings. The van der Waals surface area contributed by atoms with E-state index in [2.05, 4.69) is 44.7 Å². The summed E-state index contributed by atoms with van der Waals surface area (Å²) in [5.41, 5.74) is 3.02. The largest absolute Gasteiger partial charge is 0.458 e. The lowest BCUT2D eigenvalue weighted by Gasteiger charge is -2.24. The van der Waals surface area contributed by atoms with Gasteiger partial charge in [0.25, 0.3) is 12.4 Å². The van der Waals surface area contributed by atoms with E-state index in [-0.39, 0.29) is 36.9 Å². The number of fused-ring (bicyclic) bond motifs is 1. The van der Waals surface area contributed by atoms with Crippen LogP contribution < -0.4 is 10.2 Å². The number of aliphatic hydroxyl groups excluding tert-OH is 2. The highest BCUT2D eigenvalue weighted by Gasteiger charge is 2.50. The van der Waals surface area contributed by atoms with Gasteiger partial charge in [-0.05, 0) is 17.0 Å². The number of imidazole rings is 1. The first-order valence-corrected chi connectivity index (χ1v) is 15.6. The molecule has 14 nitrogen and oxygen atoms in total. The first kappa shape index (κ1) is 32.0. The van der Waals surface area contributed by atoms with Crippen molar-refractivity contribution < 1.29 is 29.0 Å². The minimum atomic E-state index is -1.33. The van der Waals surface area contributed by atoms with Crippen molar-refractivity contribution in [3.8, 4) is 0 Å². The zero-order valence-corrected chi connectivity index (χ0v) is 26.4. The zero-order valence-electron chi connectivity index (χ0n) is 26.4. The smallest absolute Gasteiger partial charge is 0.293 e. The molecule has 0 bridgehead atoms. The topological polar surface area (TPSA) is 174 Å². The molecule has 4 heterocycles. The number of nitrogens with zero attached hydrogens (tertiary/aromatic N) is 7. The Balaban J connectivity index is 1.40. The van der Waals surface area contributed by atoms with E-state index in [1.165, 1.54) is 6.33 Å². The summed E-state index contributed by atoms with van der Waals surface area (Å²) in [4.78, 5) is 31.7. The SMILES string of the molecule is CCc1noc([C@H]2O[C@@H](n3cnc4c(NCC(c5ccccc5)c5ccccc5)nc(N(CO)CC(C)C)nc43)[C@H](O)[C@@H]2OC=O)n1. The fraction of sp³-hybridized carbons (Fsp3) is 0.394. The van der Waals surface area contributed by atoms with Crippen molar-refractivity contribution in [1.29, 1.82) is 0 Å². The van der Waals surface area contributed by atoms with Crippen LogP contribution in [-0.2, 0) is 20.7 Å². The van der Waals surface area contributed by atoms with Gasteiger partial charge in [0.1, 0.15) is 12.8 Å². The number of aromatic nitrogens is 6. The molecule has 47 heavy (non-hydrogen) atoms. The number of hydrogen-bond donors (Lipinski definition) is 3. The van der Waals surface area contributed by atoms with Crippen molar-refractivity contribution in [3.05, 3.63) is 89.8 Å². The Hall–Kier alpha value is -4.92. The molecule has 0 spiro atoms. The van der Waals surface area contributed by atoms with Gasteiger partial charge in [-0.2, -0.15) is 15.0 Å². The number of rotatable bonds is 14. The van der Waals surface area contributed by atoms with Crippen LogP contribution in [0, 0.1) is 5.92 Å². The van der Waals surface area contributed by atoms with Crippen LogP contribution in [0.3, 0.4) is 0 Å². The van der Waals surface area contributed by atoms with Gasteiger partial charge in [-0.1, -0.05) is 86.6 Å². The molecule has 6 rings (SSSR count). The predicted octanol–water partition coefficient (Wildman–Crippen LogP) is 3.60. The molecule has 0 aliphatic carbocycles. The molecule has 1 aliphatic heterocycles. The maximum atomic E-state index is 11.4. The summed E-state index contributed by atoms with van der Waals surface area (Å²) in [5, 5.41) is 29.1. The second-order valence-electron chi connectivity index (χ2n) is 11.7. The Kier molecular flexibility index (Phi) is 9.71. The van der Waals surface area contributed by atoms with E-state index in [0.29, 0.717) is 42.3 Å². The highest BCUT2D eigenvalue weighted by molar-refractivity contribution is 5.84. The van der Waals surface area contributed by atoms with Crippen molar-refractivity contribution in [3.63, 3.8) is 0 Å². The summed E-state index contributed by atoms with van der Waals surface area (Å²) in [7, 11) is 0. The number of aryl methyl sites for hydroxylation is 1. The molecule has 5 aromatic rings. The molecule has 246 valence electrons. The molecule has 0 amide bonds. The zero-order chi connectivity index (χ0) is 32.9. The van der Waals surface area contributed by atoms with Gasteiger partial charge >= 0.3 is 0 Å². The van der Waals surface area contributed by atoms with Crippen LogP contribution in [0.15, 0.2) is 71.5 Å². The molecule has 3 aromatic heterocycles. The molecule has 2 aromatic carbocycles.